The topological polar surface area (TPSA) is 40.2 Å². The summed E-state index contributed by atoms with van der Waals surface area (Å²) in [5.74, 6) is 1.78. The van der Waals surface area contributed by atoms with Crippen LogP contribution in [-0.4, -0.2) is 17.6 Å². The van der Waals surface area contributed by atoms with Gasteiger partial charge in [0.05, 0.1) is 16.7 Å². The summed E-state index contributed by atoms with van der Waals surface area (Å²) in [6, 6.07) is 70.3. The average molecular weight is 723 g/mol. The van der Waals surface area contributed by atoms with E-state index < -0.39 is 8.07 Å². The lowest BCUT2D eigenvalue weighted by molar-refractivity contribution is 0.281. The third kappa shape index (κ3) is 4.94. The summed E-state index contributed by atoms with van der Waals surface area (Å²) >= 11 is 0. The van der Waals surface area contributed by atoms with Crippen LogP contribution in [0, 0.1) is 0 Å². The second-order valence-electron chi connectivity index (χ2n) is 14.2. The lowest BCUT2D eigenvalue weighted by atomic mass is 10.0. The largest absolute Gasteiger partial charge is 0.483 e. The first kappa shape index (κ1) is 31.6. The van der Waals surface area contributed by atoms with Crippen molar-refractivity contribution in [1.29, 1.82) is 0 Å². The Bertz CT molecular complexity index is 3020. The van der Waals surface area contributed by atoms with Crippen LogP contribution in [0.15, 0.2) is 199 Å². The molecular formula is C50H34N2O2Si. The maximum atomic E-state index is 6.56. The van der Waals surface area contributed by atoms with Crippen LogP contribution in [0.25, 0.3) is 60.9 Å². The number of nitrogens with zero attached hydrogens (tertiary/aromatic N) is 2. The Kier molecular flexibility index (Phi) is 7.22. The van der Waals surface area contributed by atoms with Gasteiger partial charge in [-0.3, -0.25) is 4.57 Å². The molecule has 55 heavy (non-hydrogen) atoms. The van der Waals surface area contributed by atoms with Gasteiger partial charge in [0.25, 0.3) is 0 Å². The van der Waals surface area contributed by atoms with E-state index in [0.29, 0.717) is 6.61 Å². The van der Waals surface area contributed by atoms with Crippen molar-refractivity contribution < 1.29 is 9.15 Å². The van der Waals surface area contributed by atoms with Gasteiger partial charge in [-0.15, -0.1) is 0 Å². The summed E-state index contributed by atoms with van der Waals surface area (Å²) in [6.45, 7) is 0.447. The van der Waals surface area contributed by atoms with Crippen LogP contribution >= 0.6 is 0 Å². The molecule has 5 heteroatoms. The molecule has 4 nitrogen and oxygen atoms in total. The molecule has 0 fully saturated rings. The quantitative estimate of drug-likeness (QED) is 0.127. The lowest BCUT2D eigenvalue weighted by Gasteiger charge is -2.35. The molecule has 0 aliphatic carbocycles. The van der Waals surface area contributed by atoms with E-state index in [1.165, 1.54) is 20.7 Å². The number of para-hydroxylation sites is 4. The molecule has 1 aliphatic rings. The van der Waals surface area contributed by atoms with E-state index in [1.54, 1.807) is 0 Å². The zero-order valence-corrected chi connectivity index (χ0v) is 30.9. The molecule has 0 saturated carbocycles. The number of ether oxygens (including phenoxy) is 1. The third-order valence-corrected chi connectivity index (χ3v) is 16.0. The number of hydrogen-bond donors (Lipinski definition) is 0. The number of benzene rings is 8. The highest BCUT2D eigenvalue weighted by molar-refractivity contribution is 7.20. The van der Waals surface area contributed by atoms with Crippen molar-refractivity contribution in [3.8, 4) is 33.7 Å². The molecule has 0 atom stereocenters. The van der Waals surface area contributed by atoms with E-state index in [0.717, 1.165) is 72.5 Å². The lowest BCUT2D eigenvalue weighted by Crippen LogP contribution is -2.74. The van der Waals surface area contributed by atoms with Crippen molar-refractivity contribution in [2.75, 3.05) is 0 Å². The van der Waals surface area contributed by atoms with E-state index >= 15 is 0 Å². The number of hydrogen-bond acceptors (Lipinski definition) is 3. The molecule has 0 unspecified atom stereocenters. The molecule has 0 bridgehead atoms. The summed E-state index contributed by atoms with van der Waals surface area (Å²) in [6.07, 6.45) is 0. The molecule has 3 heterocycles. The van der Waals surface area contributed by atoms with Crippen LogP contribution in [0.2, 0.25) is 0 Å². The standard InChI is InChI=1S/C50H34N2O2Si/c1-3-16-37(17-4-1)55(38-18-5-2-6-19-38,40-21-12-15-36(31-40)41-23-13-24-43-42-22-7-10-27-47(42)54-50(41)43)39-20-11-14-34(30-39)35-28-29-48-46(32-35)52-45-26-9-8-25-44(45)51-49(52)33-53-48/h1-32H,33H2. The Labute approximate surface area is 319 Å². The zero-order chi connectivity index (χ0) is 36.3. The van der Waals surface area contributed by atoms with Crippen molar-refractivity contribution >= 4 is 61.8 Å². The molecule has 0 N–H and O–H groups in total. The van der Waals surface area contributed by atoms with E-state index in [9.17, 15) is 0 Å². The van der Waals surface area contributed by atoms with Gasteiger partial charge in [0, 0.05) is 16.3 Å². The Morgan fingerprint density at radius 1 is 0.491 bits per heavy atom. The zero-order valence-electron chi connectivity index (χ0n) is 29.9. The summed E-state index contributed by atoms with van der Waals surface area (Å²) in [4.78, 5) is 4.90. The maximum Gasteiger partial charge on any atom is 0.179 e. The molecule has 0 radical (unpaired) electrons. The Morgan fingerprint density at radius 3 is 1.91 bits per heavy atom. The monoisotopic (exact) mass is 722 g/mol. The molecule has 11 rings (SSSR count). The highest BCUT2D eigenvalue weighted by atomic mass is 28.3. The van der Waals surface area contributed by atoms with E-state index in [4.69, 9.17) is 14.1 Å². The second kappa shape index (κ2) is 12.6. The number of fused-ring (bicyclic) bond motifs is 8. The Balaban J connectivity index is 1.13. The van der Waals surface area contributed by atoms with Crippen LogP contribution in [0.3, 0.4) is 0 Å². The Hall–Kier alpha value is -6.95. The van der Waals surface area contributed by atoms with Gasteiger partial charge in [-0.05, 0) is 67.8 Å². The van der Waals surface area contributed by atoms with E-state index in [1.807, 2.05) is 12.1 Å². The van der Waals surface area contributed by atoms with Crippen LogP contribution in [0.5, 0.6) is 5.75 Å². The highest BCUT2D eigenvalue weighted by Gasteiger charge is 2.42. The van der Waals surface area contributed by atoms with Crippen LogP contribution in [0.4, 0.5) is 0 Å². The molecule has 1 aliphatic heterocycles. The molecule has 8 aromatic carbocycles. The predicted molar refractivity (Wildman–Crippen MR) is 227 cm³/mol. The fourth-order valence-electron chi connectivity index (χ4n) is 8.78. The van der Waals surface area contributed by atoms with Crippen LogP contribution < -0.4 is 25.5 Å². The van der Waals surface area contributed by atoms with Crippen molar-refractivity contribution in [3.05, 3.63) is 200 Å². The second-order valence-corrected chi connectivity index (χ2v) is 18.1. The van der Waals surface area contributed by atoms with Crippen LogP contribution in [-0.2, 0) is 6.61 Å². The predicted octanol–water partition coefficient (Wildman–Crippen LogP) is 9.53. The molecule has 2 aromatic heterocycles. The van der Waals surface area contributed by atoms with Gasteiger partial charge in [-0.1, -0.05) is 164 Å². The molecular weight excluding hydrogens is 689 g/mol. The van der Waals surface area contributed by atoms with E-state index in [-0.39, 0.29) is 0 Å². The first-order chi connectivity index (χ1) is 27.3. The molecule has 10 aromatic rings. The molecule has 0 saturated heterocycles. The molecule has 0 spiro atoms. The highest BCUT2D eigenvalue weighted by Crippen LogP contribution is 2.37. The van der Waals surface area contributed by atoms with Crippen molar-refractivity contribution in [2.45, 2.75) is 6.61 Å². The summed E-state index contributed by atoms with van der Waals surface area (Å²) < 4.78 is 15.0. The summed E-state index contributed by atoms with van der Waals surface area (Å²) in [5.41, 5.74) is 9.41. The minimum atomic E-state index is -2.91. The first-order valence-corrected chi connectivity index (χ1v) is 20.7. The van der Waals surface area contributed by atoms with Gasteiger partial charge in [-0.2, -0.15) is 0 Å². The fourth-order valence-corrected chi connectivity index (χ4v) is 13.6. The van der Waals surface area contributed by atoms with Crippen molar-refractivity contribution in [3.63, 3.8) is 0 Å². The molecule has 0 amide bonds. The minimum Gasteiger partial charge on any atom is -0.483 e. The average Bonchev–Trinajstić information content (AvgIpc) is 3.84. The van der Waals surface area contributed by atoms with E-state index in [2.05, 4.69) is 187 Å². The minimum absolute atomic E-state index is 0.447. The normalized spacial score (nSPS) is 12.4. The molecule has 260 valence electrons. The van der Waals surface area contributed by atoms with Gasteiger partial charge in [0.1, 0.15) is 23.5 Å². The van der Waals surface area contributed by atoms with Crippen LogP contribution in [0.1, 0.15) is 5.82 Å². The number of aromatic nitrogens is 2. The van der Waals surface area contributed by atoms with Gasteiger partial charge in [0.2, 0.25) is 0 Å². The van der Waals surface area contributed by atoms with Gasteiger partial charge < -0.3 is 9.15 Å². The first-order valence-electron chi connectivity index (χ1n) is 18.7. The summed E-state index contributed by atoms with van der Waals surface area (Å²) in [5, 5.41) is 7.53. The van der Waals surface area contributed by atoms with Crippen molar-refractivity contribution in [1.82, 2.24) is 9.55 Å². The number of imidazole rings is 1. The Morgan fingerprint density at radius 2 is 1.11 bits per heavy atom. The summed E-state index contributed by atoms with van der Waals surface area (Å²) in [7, 11) is -2.91. The number of rotatable bonds is 6. The van der Waals surface area contributed by atoms with Gasteiger partial charge in [0.15, 0.2) is 13.9 Å². The number of furan rings is 1. The fraction of sp³-hybridized carbons (Fsp3) is 0.0200. The van der Waals surface area contributed by atoms with Crippen molar-refractivity contribution in [2.24, 2.45) is 0 Å². The maximum absolute atomic E-state index is 6.56. The smallest absolute Gasteiger partial charge is 0.179 e. The van der Waals surface area contributed by atoms with Gasteiger partial charge in [-0.25, -0.2) is 4.98 Å². The SMILES string of the molecule is c1ccc([Si](c2ccccc2)(c2cccc(-c3ccc4c(c3)-n3c(nc5ccccc53)CO4)c2)c2cccc(-c3cccc4c3oc3ccccc34)c2)cc1. The third-order valence-electron chi connectivity index (χ3n) is 11.2. The van der Waals surface area contributed by atoms with Gasteiger partial charge >= 0.3 is 0 Å².